The molecule has 0 radical (unpaired) electrons. The summed E-state index contributed by atoms with van der Waals surface area (Å²) in [7, 11) is 0. The fourth-order valence-corrected chi connectivity index (χ4v) is 3.46. The van der Waals surface area contributed by atoms with Crippen molar-refractivity contribution in [3.05, 3.63) is 63.6 Å². The van der Waals surface area contributed by atoms with Gasteiger partial charge in [0.25, 0.3) is 5.91 Å². The third-order valence-corrected chi connectivity index (χ3v) is 5.06. The van der Waals surface area contributed by atoms with Crippen LogP contribution in [-0.2, 0) is 16.1 Å². The Morgan fingerprint density at radius 1 is 1.19 bits per heavy atom. The summed E-state index contributed by atoms with van der Waals surface area (Å²) in [6.07, 6.45) is 2.09. The molecule has 0 bridgehead atoms. The second-order valence-electron chi connectivity index (χ2n) is 6.73. The summed E-state index contributed by atoms with van der Waals surface area (Å²) in [5.41, 5.74) is 1.92. The van der Waals surface area contributed by atoms with E-state index in [1.807, 2.05) is 37.3 Å². The van der Waals surface area contributed by atoms with E-state index in [1.54, 1.807) is 17.0 Å². The average Bonchev–Trinajstić information content (AvgIpc) is 3.15. The maximum atomic E-state index is 12.8. The van der Waals surface area contributed by atoms with Gasteiger partial charge in [-0.3, -0.25) is 4.79 Å². The minimum atomic E-state index is -0.0743. The van der Waals surface area contributed by atoms with E-state index in [4.69, 9.17) is 32.7 Å². The van der Waals surface area contributed by atoms with Gasteiger partial charge in [-0.25, -0.2) is 0 Å². The summed E-state index contributed by atoms with van der Waals surface area (Å²) in [5.74, 6) is 0.589. The molecule has 1 fully saturated rings. The van der Waals surface area contributed by atoms with Gasteiger partial charge < -0.3 is 14.4 Å². The van der Waals surface area contributed by atoms with Crippen LogP contribution in [0.2, 0.25) is 10.0 Å². The van der Waals surface area contributed by atoms with Crippen molar-refractivity contribution in [1.82, 2.24) is 4.90 Å². The summed E-state index contributed by atoms with van der Waals surface area (Å²) in [4.78, 5) is 14.6. The van der Waals surface area contributed by atoms with E-state index in [1.165, 1.54) is 0 Å². The van der Waals surface area contributed by atoms with Crippen LogP contribution in [0.1, 0.15) is 24.0 Å². The third-order valence-electron chi connectivity index (χ3n) is 4.58. The van der Waals surface area contributed by atoms with Crippen LogP contribution in [0.3, 0.4) is 0 Å². The van der Waals surface area contributed by atoms with Gasteiger partial charge in [0.1, 0.15) is 5.75 Å². The lowest BCUT2D eigenvalue weighted by atomic mass is 10.2. The molecule has 0 aliphatic carbocycles. The second-order valence-corrected chi connectivity index (χ2v) is 7.61. The van der Waals surface area contributed by atoms with E-state index in [0.29, 0.717) is 28.9 Å². The summed E-state index contributed by atoms with van der Waals surface area (Å²) in [5, 5.41) is 1.33. The van der Waals surface area contributed by atoms with Crippen LogP contribution < -0.4 is 4.74 Å². The lowest BCUT2D eigenvalue weighted by Crippen LogP contribution is -2.39. The van der Waals surface area contributed by atoms with Crippen molar-refractivity contribution in [3.63, 3.8) is 0 Å². The summed E-state index contributed by atoms with van der Waals surface area (Å²) in [6.45, 7) is 3.70. The highest BCUT2D eigenvalue weighted by atomic mass is 35.5. The molecule has 2 aromatic rings. The standard InChI is InChI=1S/C21H23Cl2NO3/c1-15-11-18(23)8-9-20(15)27-14-21(25)24(13-19-3-2-10-26-19)12-16-4-6-17(22)7-5-16/h4-9,11,19H,2-3,10,12-14H2,1H3. The van der Waals surface area contributed by atoms with E-state index in [9.17, 15) is 4.79 Å². The Balaban J connectivity index is 1.66. The number of ether oxygens (including phenoxy) is 2. The molecule has 1 heterocycles. The number of amides is 1. The molecule has 0 spiro atoms. The van der Waals surface area contributed by atoms with Crippen molar-refractivity contribution in [1.29, 1.82) is 0 Å². The van der Waals surface area contributed by atoms with Crippen LogP contribution in [0.5, 0.6) is 5.75 Å². The average molecular weight is 408 g/mol. The number of hydrogen-bond donors (Lipinski definition) is 0. The van der Waals surface area contributed by atoms with Crippen molar-refractivity contribution in [2.45, 2.75) is 32.4 Å². The van der Waals surface area contributed by atoms with Crippen molar-refractivity contribution < 1.29 is 14.3 Å². The summed E-state index contributed by atoms with van der Waals surface area (Å²) < 4.78 is 11.5. The Hall–Kier alpha value is -1.75. The maximum Gasteiger partial charge on any atom is 0.260 e. The van der Waals surface area contributed by atoms with Gasteiger partial charge in [0, 0.05) is 29.7 Å². The number of carbonyl (C=O) groups excluding carboxylic acids is 1. The Morgan fingerprint density at radius 2 is 1.93 bits per heavy atom. The molecule has 2 aromatic carbocycles. The Bertz CT molecular complexity index is 773. The second kappa shape index (κ2) is 9.45. The molecule has 27 heavy (non-hydrogen) atoms. The van der Waals surface area contributed by atoms with Crippen molar-refractivity contribution in [2.24, 2.45) is 0 Å². The minimum absolute atomic E-state index is 0.0250. The molecule has 0 saturated carbocycles. The highest BCUT2D eigenvalue weighted by molar-refractivity contribution is 6.30. The third kappa shape index (κ3) is 5.86. The van der Waals surface area contributed by atoms with Gasteiger partial charge in [0.2, 0.25) is 0 Å². The van der Waals surface area contributed by atoms with Gasteiger partial charge in [-0.15, -0.1) is 0 Å². The van der Waals surface area contributed by atoms with E-state index < -0.39 is 0 Å². The van der Waals surface area contributed by atoms with Gasteiger partial charge in [-0.05, 0) is 61.2 Å². The number of aryl methyl sites for hydroxylation is 1. The fourth-order valence-electron chi connectivity index (χ4n) is 3.10. The normalized spacial score (nSPS) is 16.3. The summed E-state index contributed by atoms with van der Waals surface area (Å²) >= 11 is 11.9. The number of nitrogens with zero attached hydrogens (tertiary/aromatic N) is 1. The number of carbonyl (C=O) groups is 1. The topological polar surface area (TPSA) is 38.8 Å². The molecule has 0 N–H and O–H groups in total. The van der Waals surface area contributed by atoms with Crippen LogP contribution in [0.15, 0.2) is 42.5 Å². The highest BCUT2D eigenvalue weighted by Gasteiger charge is 2.23. The van der Waals surface area contributed by atoms with Crippen molar-refractivity contribution in [3.8, 4) is 5.75 Å². The molecule has 144 valence electrons. The largest absolute Gasteiger partial charge is 0.483 e. The predicted molar refractivity (Wildman–Crippen MR) is 108 cm³/mol. The first kappa shape index (κ1) is 20.0. The van der Waals surface area contributed by atoms with Crippen molar-refractivity contribution in [2.75, 3.05) is 19.8 Å². The quantitative estimate of drug-likeness (QED) is 0.655. The molecule has 1 amide bonds. The highest BCUT2D eigenvalue weighted by Crippen LogP contribution is 2.22. The molecular weight excluding hydrogens is 385 g/mol. The zero-order chi connectivity index (χ0) is 19.2. The van der Waals surface area contributed by atoms with Gasteiger partial charge >= 0.3 is 0 Å². The molecular formula is C21H23Cl2NO3. The van der Waals surface area contributed by atoms with E-state index in [0.717, 1.165) is 30.6 Å². The Labute approximate surface area is 170 Å². The lowest BCUT2D eigenvalue weighted by molar-refractivity contribution is -0.135. The molecule has 1 aliphatic rings. The van der Waals surface area contributed by atoms with Crippen LogP contribution in [-0.4, -0.2) is 36.7 Å². The number of rotatable bonds is 7. The zero-order valence-corrected chi connectivity index (χ0v) is 16.8. The van der Waals surface area contributed by atoms with Crippen LogP contribution in [0.25, 0.3) is 0 Å². The molecule has 1 saturated heterocycles. The SMILES string of the molecule is Cc1cc(Cl)ccc1OCC(=O)N(Cc1ccc(Cl)cc1)CC1CCCO1. The predicted octanol–water partition coefficient (Wildman–Crippen LogP) is 4.89. The summed E-state index contributed by atoms with van der Waals surface area (Å²) in [6, 6.07) is 12.9. The van der Waals surface area contributed by atoms with Gasteiger partial charge in [-0.2, -0.15) is 0 Å². The monoisotopic (exact) mass is 407 g/mol. The fraction of sp³-hybridized carbons (Fsp3) is 0.381. The molecule has 4 nitrogen and oxygen atoms in total. The van der Waals surface area contributed by atoms with E-state index in [-0.39, 0.29) is 18.6 Å². The number of hydrogen-bond acceptors (Lipinski definition) is 3. The smallest absolute Gasteiger partial charge is 0.260 e. The van der Waals surface area contributed by atoms with E-state index in [2.05, 4.69) is 0 Å². The molecule has 6 heteroatoms. The Kier molecular flexibility index (Phi) is 7.00. The lowest BCUT2D eigenvalue weighted by Gasteiger charge is -2.26. The molecule has 0 aromatic heterocycles. The first-order valence-electron chi connectivity index (χ1n) is 9.04. The molecule has 3 rings (SSSR count). The van der Waals surface area contributed by atoms with Crippen molar-refractivity contribution >= 4 is 29.1 Å². The zero-order valence-electron chi connectivity index (χ0n) is 15.3. The van der Waals surface area contributed by atoms with Crippen LogP contribution in [0.4, 0.5) is 0 Å². The molecule has 1 unspecified atom stereocenters. The van der Waals surface area contributed by atoms with Gasteiger partial charge in [0.15, 0.2) is 6.61 Å². The first-order valence-corrected chi connectivity index (χ1v) is 9.79. The van der Waals surface area contributed by atoms with Gasteiger partial charge in [-0.1, -0.05) is 35.3 Å². The van der Waals surface area contributed by atoms with E-state index >= 15 is 0 Å². The number of benzene rings is 2. The van der Waals surface area contributed by atoms with Gasteiger partial charge in [0.05, 0.1) is 6.10 Å². The number of halogens is 2. The molecule has 1 atom stereocenters. The first-order chi connectivity index (χ1) is 13.0. The Morgan fingerprint density at radius 3 is 2.59 bits per heavy atom. The van der Waals surface area contributed by atoms with Crippen LogP contribution >= 0.6 is 23.2 Å². The minimum Gasteiger partial charge on any atom is -0.483 e. The molecule has 1 aliphatic heterocycles. The van der Waals surface area contributed by atoms with Crippen LogP contribution in [0, 0.1) is 6.92 Å². The maximum absolute atomic E-state index is 12.8.